The number of hydrogen-bond donors (Lipinski definition) is 1. The van der Waals surface area contributed by atoms with Crippen molar-refractivity contribution in [3.8, 4) is 22.9 Å². The number of likely N-dealkylation sites (tertiary alicyclic amines) is 1. The number of thioether (sulfide) groups is 1. The van der Waals surface area contributed by atoms with Gasteiger partial charge in [0.1, 0.15) is 0 Å². The highest BCUT2D eigenvalue weighted by Crippen LogP contribution is 2.31. The van der Waals surface area contributed by atoms with Gasteiger partial charge < -0.3 is 19.3 Å². The second kappa shape index (κ2) is 13.4. The number of benzene rings is 2. The average molecular weight is 566 g/mol. The largest absolute Gasteiger partial charge is 0.493 e. The molecule has 1 saturated heterocycles. The molecule has 2 aromatic carbocycles. The molecule has 0 spiro atoms. The summed E-state index contributed by atoms with van der Waals surface area (Å²) < 4.78 is 16.1. The Morgan fingerprint density at radius 3 is 2.81 bits per heavy atom. The van der Waals surface area contributed by atoms with Gasteiger partial charge >= 0.3 is 0 Å². The van der Waals surface area contributed by atoms with Gasteiger partial charge in [0.2, 0.25) is 17.6 Å². The van der Waals surface area contributed by atoms with Crippen LogP contribution in [0.4, 0.5) is 0 Å². The Morgan fingerprint density at radius 2 is 2.03 bits per heavy atom. The van der Waals surface area contributed by atoms with Gasteiger partial charge in [0.15, 0.2) is 11.5 Å². The fourth-order valence-electron chi connectivity index (χ4n) is 4.23. The maximum absolute atomic E-state index is 12.8. The minimum atomic E-state index is -0.0577. The summed E-state index contributed by atoms with van der Waals surface area (Å²) in [5.74, 6) is 3.85. The highest BCUT2D eigenvalue weighted by atomic mass is 35.5. The molecule has 1 aromatic heterocycles. The number of nitrogens with zero attached hydrogens (tertiary/aromatic N) is 3. The third-order valence-corrected chi connectivity index (χ3v) is 7.76. The van der Waals surface area contributed by atoms with E-state index in [1.165, 1.54) is 0 Å². The van der Waals surface area contributed by atoms with Crippen LogP contribution in [-0.2, 0) is 17.1 Å². The lowest BCUT2D eigenvalue weighted by Crippen LogP contribution is -2.43. The number of amides is 1. The molecule has 1 fully saturated rings. The molecule has 1 atom stereocenters. The number of nitrogens with one attached hydrogen (secondary N) is 1. The monoisotopic (exact) mass is 564 g/mol. The molecule has 0 bridgehead atoms. The highest BCUT2D eigenvalue weighted by Gasteiger charge is 2.27. The van der Waals surface area contributed by atoms with Gasteiger partial charge in [0.25, 0.3) is 0 Å². The first-order chi connectivity index (χ1) is 18.0. The van der Waals surface area contributed by atoms with Gasteiger partial charge in [0.05, 0.1) is 26.7 Å². The maximum atomic E-state index is 12.8. The summed E-state index contributed by atoms with van der Waals surface area (Å²) in [5.41, 5.74) is 1.82. The van der Waals surface area contributed by atoms with E-state index in [0.717, 1.165) is 42.0 Å². The van der Waals surface area contributed by atoms with Crippen molar-refractivity contribution < 1.29 is 18.8 Å². The van der Waals surface area contributed by atoms with Crippen molar-refractivity contribution in [3.63, 3.8) is 0 Å². The van der Waals surface area contributed by atoms with E-state index < -0.39 is 0 Å². The van der Waals surface area contributed by atoms with E-state index in [1.54, 1.807) is 32.0 Å². The van der Waals surface area contributed by atoms with Crippen LogP contribution in [0.25, 0.3) is 11.4 Å². The molecule has 1 aliphatic heterocycles. The Kier molecular flexibility index (Phi) is 9.96. The first kappa shape index (κ1) is 27.6. The lowest BCUT2D eigenvalue weighted by molar-refractivity contribution is -0.126. The smallest absolute Gasteiger partial charge is 0.241 e. The fourth-order valence-corrected chi connectivity index (χ4v) is 5.64. The molecular weight excluding hydrogens is 535 g/mol. The van der Waals surface area contributed by atoms with Crippen LogP contribution in [0.2, 0.25) is 10.0 Å². The molecule has 0 radical (unpaired) electrons. The van der Waals surface area contributed by atoms with Crippen LogP contribution >= 0.6 is 35.0 Å². The number of aromatic nitrogens is 2. The highest BCUT2D eigenvalue weighted by molar-refractivity contribution is 7.98. The summed E-state index contributed by atoms with van der Waals surface area (Å²) in [6.45, 7) is 2.66. The van der Waals surface area contributed by atoms with E-state index in [4.69, 9.17) is 37.2 Å². The molecule has 1 aliphatic rings. The van der Waals surface area contributed by atoms with Crippen molar-refractivity contribution in [3.05, 3.63) is 57.9 Å². The number of methoxy groups -OCH3 is 2. The lowest BCUT2D eigenvalue weighted by Gasteiger charge is -2.30. The van der Waals surface area contributed by atoms with Crippen molar-refractivity contribution in [2.45, 2.75) is 25.1 Å². The van der Waals surface area contributed by atoms with Crippen molar-refractivity contribution in [1.82, 2.24) is 20.4 Å². The molecule has 4 rings (SSSR count). The number of ether oxygens (including phenoxy) is 2. The second-order valence-electron chi connectivity index (χ2n) is 8.74. The molecule has 1 N–H and O–H groups in total. The van der Waals surface area contributed by atoms with Crippen LogP contribution in [0.15, 0.2) is 40.9 Å². The Morgan fingerprint density at radius 1 is 1.19 bits per heavy atom. The summed E-state index contributed by atoms with van der Waals surface area (Å²) >= 11 is 13.9. The normalized spacial score (nSPS) is 15.9. The number of piperidine rings is 1. The second-order valence-corrected chi connectivity index (χ2v) is 10.7. The number of halogens is 2. The SMILES string of the molecule is COc1ccc(-c2noc(CN3CCCC(C(=O)NCCSCc4ccc(Cl)cc4Cl)C3)n2)cc1OC. The van der Waals surface area contributed by atoms with Gasteiger partial charge in [-0.15, -0.1) is 0 Å². The topological polar surface area (TPSA) is 89.7 Å². The zero-order valence-corrected chi connectivity index (χ0v) is 23.2. The van der Waals surface area contributed by atoms with Gasteiger partial charge in [-0.1, -0.05) is 34.4 Å². The molecule has 198 valence electrons. The van der Waals surface area contributed by atoms with Crippen molar-refractivity contribution in [1.29, 1.82) is 0 Å². The minimum absolute atomic E-state index is 0.0577. The number of rotatable bonds is 11. The zero-order valence-electron chi connectivity index (χ0n) is 20.8. The van der Waals surface area contributed by atoms with Gasteiger partial charge in [-0.25, -0.2) is 0 Å². The van der Waals surface area contributed by atoms with E-state index in [0.29, 0.717) is 52.9 Å². The Bertz CT molecular complexity index is 1210. The maximum Gasteiger partial charge on any atom is 0.241 e. The van der Waals surface area contributed by atoms with E-state index in [2.05, 4.69) is 20.4 Å². The van der Waals surface area contributed by atoms with Crippen LogP contribution in [0, 0.1) is 5.92 Å². The third kappa shape index (κ3) is 7.54. The molecule has 1 unspecified atom stereocenters. The average Bonchev–Trinajstić information content (AvgIpc) is 3.37. The summed E-state index contributed by atoms with van der Waals surface area (Å²) in [5, 5.41) is 8.50. The van der Waals surface area contributed by atoms with Crippen LogP contribution in [0.5, 0.6) is 11.5 Å². The quantitative estimate of drug-likeness (QED) is 0.313. The molecule has 0 aliphatic carbocycles. The molecule has 8 nitrogen and oxygen atoms in total. The fraction of sp³-hybridized carbons (Fsp3) is 0.423. The number of hydrogen-bond acceptors (Lipinski definition) is 8. The Hall–Kier alpha value is -2.46. The van der Waals surface area contributed by atoms with Crippen molar-refractivity contribution in [2.75, 3.05) is 39.6 Å². The molecule has 37 heavy (non-hydrogen) atoms. The predicted octanol–water partition coefficient (Wildman–Crippen LogP) is 5.32. The Labute approximate surface area is 231 Å². The summed E-state index contributed by atoms with van der Waals surface area (Å²) in [6.07, 6.45) is 1.81. The molecule has 0 saturated carbocycles. The van der Waals surface area contributed by atoms with Crippen LogP contribution < -0.4 is 14.8 Å². The first-order valence-electron chi connectivity index (χ1n) is 12.0. The van der Waals surface area contributed by atoms with Gasteiger partial charge in [-0.05, 0) is 55.3 Å². The van der Waals surface area contributed by atoms with Gasteiger partial charge in [0, 0.05) is 40.2 Å². The van der Waals surface area contributed by atoms with E-state index in [9.17, 15) is 4.79 Å². The van der Waals surface area contributed by atoms with Crippen molar-refractivity contribution >= 4 is 40.9 Å². The molecule has 11 heteroatoms. The molecular formula is C26H30Cl2N4O4S. The summed E-state index contributed by atoms with van der Waals surface area (Å²) in [7, 11) is 3.18. The predicted molar refractivity (Wildman–Crippen MR) is 146 cm³/mol. The van der Waals surface area contributed by atoms with Gasteiger partial charge in [-0.3, -0.25) is 9.69 Å². The van der Waals surface area contributed by atoms with Crippen LogP contribution in [0.1, 0.15) is 24.3 Å². The summed E-state index contributed by atoms with van der Waals surface area (Å²) in [4.78, 5) is 19.5. The summed E-state index contributed by atoms with van der Waals surface area (Å²) in [6, 6.07) is 11.0. The number of carbonyl (C=O) groups is 1. The molecule has 2 heterocycles. The van der Waals surface area contributed by atoms with Crippen LogP contribution in [-0.4, -0.2) is 60.6 Å². The minimum Gasteiger partial charge on any atom is -0.493 e. The van der Waals surface area contributed by atoms with E-state index in [-0.39, 0.29) is 11.8 Å². The van der Waals surface area contributed by atoms with Crippen LogP contribution in [0.3, 0.4) is 0 Å². The van der Waals surface area contributed by atoms with Gasteiger partial charge in [-0.2, -0.15) is 16.7 Å². The Balaban J connectivity index is 1.23. The first-order valence-corrected chi connectivity index (χ1v) is 13.9. The van der Waals surface area contributed by atoms with E-state index in [1.807, 2.05) is 30.3 Å². The lowest BCUT2D eigenvalue weighted by atomic mass is 9.97. The zero-order chi connectivity index (χ0) is 26.2. The third-order valence-electron chi connectivity index (χ3n) is 6.16. The van der Waals surface area contributed by atoms with E-state index >= 15 is 0 Å². The molecule has 1 amide bonds. The molecule has 3 aromatic rings. The van der Waals surface area contributed by atoms with Crippen molar-refractivity contribution in [2.24, 2.45) is 5.92 Å². The number of carbonyl (C=O) groups excluding carboxylic acids is 1. The standard InChI is InChI=1S/C26H30Cl2N4O4S/c1-34-22-8-6-17(12-23(22)35-2)25-30-24(36-31-25)15-32-10-3-4-18(14-32)26(33)29-9-11-37-16-19-5-7-20(27)13-21(19)28/h5-8,12-13,18H,3-4,9-11,14-16H2,1-2H3,(H,29,33).